The third kappa shape index (κ3) is 15.6. The zero-order valence-electron chi connectivity index (χ0n) is 50.5. The van der Waals surface area contributed by atoms with Crippen molar-refractivity contribution < 1.29 is 47.1 Å². The molecule has 2 heterocycles. The van der Waals surface area contributed by atoms with Gasteiger partial charge in [0, 0.05) is 9.81 Å². The molecule has 0 saturated carbocycles. The number of esters is 1. The summed E-state index contributed by atoms with van der Waals surface area (Å²) in [6.07, 6.45) is -8.51. The fourth-order valence-corrected chi connectivity index (χ4v) is 17.5. The molecule has 2 aliphatic heterocycles. The van der Waals surface area contributed by atoms with Crippen molar-refractivity contribution in [3.63, 3.8) is 0 Å². The third-order valence-electron chi connectivity index (χ3n) is 16.3. The van der Waals surface area contributed by atoms with Crippen molar-refractivity contribution in [1.29, 1.82) is 0 Å². The smallest absolute Gasteiger partial charge is 0.338 e. The van der Waals surface area contributed by atoms with Crippen LogP contribution in [0.5, 0.6) is 0 Å². The molecule has 13 nitrogen and oxygen atoms in total. The molecule has 0 unspecified atom stereocenters. The van der Waals surface area contributed by atoms with E-state index in [-0.39, 0.29) is 39.6 Å². The summed E-state index contributed by atoms with van der Waals surface area (Å²) in [6.45, 7) is 9.36. The molecule has 2 fully saturated rings. The van der Waals surface area contributed by atoms with E-state index < -0.39 is 79.8 Å². The number of aryl methyl sites for hydroxylation is 1. The van der Waals surface area contributed by atoms with Crippen LogP contribution in [0.25, 0.3) is 21.2 Å². The lowest BCUT2D eigenvalue weighted by atomic mass is 9.95. The second-order valence-corrected chi connectivity index (χ2v) is 29.0. The number of nitrogens with zero attached hydrogens (tertiary/aromatic N) is 3. The van der Waals surface area contributed by atoms with Gasteiger partial charge in [0.05, 0.1) is 45.2 Å². The largest absolute Gasteiger partial charge is 0.452 e. The van der Waals surface area contributed by atoms with Gasteiger partial charge in [-0.3, -0.25) is 0 Å². The summed E-state index contributed by atoms with van der Waals surface area (Å²) in [6, 6.07) is 80.6. The van der Waals surface area contributed by atoms with Crippen molar-refractivity contribution in [1.82, 2.24) is 0 Å². The minimum absolute atomic E-state index is 0.0212. The molecular formula is C74H75N3O10SSi. The number of thioether (sulfide) groups is 1. The Hall–Kier alpha value is -7.73. The lowest BCUT2D eigenvalue weighted by Crippen LogP contribution is -2.69. The van der Waals surface area contributed by atoms with E-state index in [1.54, 1.807) is 24.3 Å². The molecule has 456 valence electrons. The maximum absolute atomic E-state index is 14.8. The lowest BCUT2D eigenvalue weighted by molar-refractivity contribution is -0.327. The summed E-state index contributed by atoms with van der Waals surface area (Å²) in [5.41, 5.74) is 15.0. The zero-order valence-corrected chi connectivity index (χ0v) is 52.3. The Balaban J connectivity index is 1.05. The normalized spacial score (nSPS) is 22.0. The third-order valence-corrected chi connectivity index (χ3v) is 22.5. The maximum Gasteiger partial charge on any atom is 0.338 e. The zero-order chi connectivity index (χ0) is 61.4. The Kier molecular flexibility index (Phi) is 21.3. The van der Waals surface area contributed by atoms with Gasteiger partial charge >= 0.3 is 5.97 Å². The number of hydrogen-bond acceptors (Lipinski definition) is 12. The van der Waals surface area contributed by atoms with E-state index in [2.05, 4.69) is 104 Å². The minimum atomic E-state index is -3.31. The van der Waals surface area contributed by atoms with Gasteiger partial charge in [-0.25, -0.2) is 4.79 Å². The Labute approximate surface area is 526 Å². The topological polar surface area (TPSA) is 149 Å². The SMILES string of the molecule is Cc1ccc(S[C@@H]2O[C@H](CO[Si](c3ccccc3)(c3ccccc3)C(C)(C)C)[C@@H](O[C@H]3O[C@H](COCc4ccccc4)[C@@H](OCc4ccc5ccccc5c4)[C@H](OCc4ccccc4)[C@H]3N=[N+]=[N-])[C@H](OCc3ccccc3)[C@H]2OC(=O)c2ccccc2)cc1. The first-order valence-corrected chi connectivity index (χ1v) is 33.1. The van der Waals surface area contributed by atoms with Gasteiger partial charge in [0.15, 0.2) is 12.4 Å². The van der Waals surface area contributed by atoms with Crippen molar-refractivity contribution >= 4 is 47.2 Å². The summed E-state index contributed by atoms with van der Waals surface area (Å²) in [5, 5.41) is 8.40. The van der Waals surface area contributed by atoms with E-state index in [0.29, 0.717) is 5.56 Å². The average molecular weight is 1230 g/mol. The Morgan fingerprint density at radius 2 is 1.03 bits per heavy atom. The number of ether oxygens (including phenoxy) is 8. The van der Waals surface area contributed by atoms with Crippen LogP contribution in [0.4, 0.5) is 0 Å². The number of azide groups is 1. The van der Waals surface area contributed by atoms with Gasteiger partial charge in [-0.15, -0.1) is 0 Å². The van der Waals surface area contributed by atoms with E-state index in [1.807, 2.05) is 159 Å². The number of hydrogen-bond donors (Lipinski definition) is 0. The fourth-order valence-electron chi connectivity index (χ4n) is 11.9. The highest BCUT2D eigenvalue weighted by molar-refractivity contribution is 7.99. The molecule has 0 spiro atoms. The quantitative estimate of drug-likeness (QED) is 0.0177. The van der Waals surface area contributed by atoms with Gasteiger partial charge in [0.2, 0.25) is 0 Å². The average Bonchev–Trinajstić information content (AvgIpc) is 0.909. The molecular weight excluding hydrogens is 1150 g/mol. The first kappa shape index (κ1) is 62.9. The van der Waals surface area contributed by atoms with E-state index in [1.165, 1.54) is 11.8 Å². The summed E-state index contributed by atoms with van der Waals surface area (Å²) in [5.74, 6) is -0.583. The summed E-state index contributed by atoms with van der Waals surface area (Å²) in [4.78, 5) is 19.2. The van der Waals surface area contributed by atoms with Crippen LogP contribution in [0, 0.1) is 6.92 Å². The van der Waals surface area contributed by atoms with Crippen LogP contribution in [0.15, 0.2) is 259 Å². The molecule has 15 heteroatoms. The van der Waals surface area contributed by atoms with Crippen molar-refractivity contribution in [3.05, 3.63) is 293 Å². The van der Waals surface area contributed by atoms with Crippen LogP contribution in [0.3, 0.4) is 0 Å². The molecule has 2 aliphatic rings. The van der Waals surface area contributed by atoms with E-state index in [4.69, 9.17) is 42.3 Å². The molecule has 0 radical (unpaired) electrons. The summed E-state index contributed by atoms with van der Waals surface area (Å²) in [7, 11) is -3.31. The number of rotatable bonds is 25. The van der Waals surface area contributed by atoms with Crippen molar-refractivity contribution in [3.8, 4) is 0 Å². The fraction of sp³-hybridized carbons (Fsp3) is 0.284. The summed E-state index contributed by atoms with van der Waals surface area (Å²) < 4.78 is 65.1. The number of fused-ring (bicyclic) bond motifs is 1. The number of carbonyl (C=O) groups is 1. The highest BCUT2D eigenvalue weighted by Crippen LogP contribution is 2.43. The molecule has 0 amide bonds. The second-order valence-electron chi connectivity index (χ2n) is 23.5. The molecule has 9 aromatic rings. The Morgan fingerprint density at radius 1 is 0.528 bits per heavy atom. The highest BCUT2D eigenvalue weighted by atomic mass is 32.2. The molecule has 10 atom stereocenters. The van der Waals surface area contributed by atoms with Gasteiger partial charge in [-0.05, 0) is 91.2 Å². The molecule has 0 aromatic heterocycles. The predicted octanol–water partition coefficient (Wildman–Crippen LogP) is 14.5. The molecule has 9 aromatic carbocycles. The standard InChI is InChI=1S/C74H75N3O10SSi/c1-52-39-43-60(44-40-52)88-73-70(86-71(78)58-32-17-8-18-33-58)69(82-48-55-29-15-7-16-30-55)67(64(85-73)51-83-89(74(2,3)4,61-35-19-9-20-36-61)62-37-21-10-22-38-62)87-72-65(76-77-75)68(81-47-54-27-13-6-14-28-54)66(63(84-72)50-79-46-53-25-11-5-12-26-53)80-49-56-41-42-57-31-23-24-34-59(57)45-56/h5-45,63-70,72-73H,46-51H2,1-4H3/t63-,64-,65-,66-,67-,68-,69+,70-,72-,73+/m1/s1. The van der Waals surface area contributed by atoms with Crippen LogP contribution in [0.1, 0.15) is 58.9 Å². The molecule has 89 heavy (non-hydrogen) atoms. The molecule has 2 saturated heterocycles. The number of benzene rings is 9. The number of carbonyl (C=O) groups excluding carboxylic acids is 1. The van der Waals surface area contributed by atoms with Crippen molar-refractivity contribution in [2.24, 2.45) is 5.11 Å². The van der Waals surface area contributed by atoms with E-state index in [0.717, 1.165) is 53.9 Å². The lowest BCUT2D eigenvalue weighted by Gasteiger charge is -2.50. The highest BCUT2D eigenvalue weighted by Gasteiger charge is 2.57. The molecule has 0 N–H and O–H groups in total. The summed E-state index contributed by atoms with van der Waals surface area (Å²) >= 11 is 1.42. The Bertz CT molecular complexity index is 3660. The Morgan fingerprint density at radius 3 is 1.62 bits per heavy atom. The van der Waals surface area contributed by atoms with Crippen LogP contribution < -0.4 is 10.4 Å². The maximum atomic E-state index is 14.8. The first-order chi connectivity index (χ1) is 43.5. The van der Waals surface area contributed by atoms with Gasteiger partial charge in [-0.2, -0.15) is 0 Å². The van der Waals surface area contributed by atoms with Crippen LogP contribution in [-0.2, 0) is 68.7 Å². The van der Waals surface area contributed by atoms with Crippen LogP contribution in [0.2, 0.25) is 5.04 Å². The van der Waals surface area contributed by atoms with Crippen molar-refractivity contribution in [2.45, 2.75) is 125 Å². The first-order valence-electron chi connectivity index (χ1n) is 30.3. The molecule has 0 bridgehead atoms. The van der Waals surface area contributed by atoms with Crippen LogP contribution >= 0.6 is 11.8 Å². The van der Waals surface area contributed by atoms with E-state index in [9.17, 15) is 10.3 Å². The predicted molar refractivity (Wildman–Crippen MR) is 350 cm³/mol. The molecule has 0 aliphatic carbocycles. The van der Waals surface area contributed by atoms with E-state index >= 15 is 0 Å². The van der Waals surface area contributed by atoms with Gasteiger partial charge < -0.3 is 42.3 Å². The molecule has 11 rings (SSSR count). The minimum Gasteiger partial charge on any atom is -0.452 e. The van der Waals surface area contributed by atoms with Gasteiger partial charge in [-0.1, -0.05) is 262 Å². The van der Waals surface area contributed by atoms with Gasteiger partial charge in [0.25, 0.3) is 8.32 Å². The van der Waals surface area contributed by atoms with Gasteiger partial charge in [0.1, 0.15) is 48.1 Å². The second kappa shape index (κ2) is 30.2. The van der Waals surface area contributed by atoms with Crippen molar-refractivity contribution in [2.75, 3.05) is 13.2 Å². The van der Waals surface area contributed by atoms with Crippen LogP contribution in [-0.4, -0.2) is 88.0 Å². The monoisotopic (exact) mass is 1230 g/mol.